The lowest BCUT2D eigenvalue weighted by Crippen LogP contribution is -2.36. The highest BCUT2D eigenvalue weighted by molar-refractivity contribution is 7.91. The molecule has 0 aliphatic heterocycles. The van der Waals surface area contributed by atoms with E-state index in [4.69, 9.17) is 0 Å². The molecule has 5 heteroatoms. The van der Waals surface area contributed by atoms with Crippen LogP contribution in [0.25, 0.3) is 0 Å². The van der Waals surface area contributed by atoms with Crippen molar-refractivity contribution in [3.63, 3.8) is 0 Å². The Morgan fingerprint density at radius 3 is 2.38 bits per heavy atom. The van der Waals surface area contributed by atoms with E-state index in [1.54, 1.807) is 25.1 Å². The van der Waals surface area contributed by atoms with Gasteiger partial charge in [-0.1, -0.05) is 44.7 Å². The smallest absolute Gasteiger partial charge is 0.180 e. The van der Waals surface area contributed by atoms with Gasteiger partial charge in [0.1, 0.15) is 0 Å². The van der Waals surface area contributed by atoms with Crippen LogP contribution in [0.3, 0.4) is 0 Å². The van der Waals surface area contributed by atoms with Gasteiger partial charge in [-0.3, -0.25) is 0 Å². The van der Waals surface area contributed by atoms with E-state index in [1.165, 1.54) is 12.8 Å². The van der Waals surface area contributed by atoms with Crippen molar-refractivity contribution in [2.75, 3.05) is 17.6 Å². The number of nitrogens with one attached hydrogen (secondary N) is 1. The summed E-state index contributed by atoms with van der Waals surface area (Å²) in [6, 6.07) is 6.93. The van der Waals surface area contributed by atoms with E-state index >= 15 is 0 Å². The van der Waals surface area contributed by atoms with E-state index in [0.717, 1.165) is 25.7 Å². The molecule has 0 amide bonds. The van der Waals surface area contributed by atoms with Crippen LogP contribution in [0.1, 0.15) is 45.4 Å². The lowest BCUT2D eigenvalue weighted by molar-refractivity contribution is 0.0381. The second kappa shape index (κ2) is 6.79. The van der Waals surface area contributed by atoms with Gasteiger partial charge in [-0.15, -0.1) is 0 Å². The Morgan fingerprint density at radius 2 is 1.76 bits per heavy atom. The standard InChI is InChI=1S/C16H25NO3S/c1-2-21(19,20)15-10-6-5-9-14(15)17-13-16(18)11-7-3-4-8-12-16/h5-6,9-10,17-18H,2-4,7-8,11-13H2,1H3. The number of benzene rings is 1. The van der Waals surface area contributed by atoms with Gasteiger partial charge in [0.05, 0.1) is 21.9 Å². The van der Waals surface area contributed by atoms with Crippen LogP contribution < -0.4 is 5.32 Å². The first-order chi connectivity index (χ1) is 9.97. The number of sulfone groups is 1. The molecule has 0 bridgehead atoms. The Morgan fingerprint density at radius 1 is 1.14 bits per heavy atom. The Balaban J connectivity index is 2.13. The molecule has 1 aromatic rings. The highest BCUT2D eigenvalue weighted by Crippen LogP contribution is 2.29. The van der Waals surface area contributed by atoms with Crippen LogP contribution >= 0.6 is 0 Å². The highest BCUT2D eigenvalue weighted by Gasteiger charge is 2.28. The van der Waals surface area contributed by atoms with Gasteiger partial charge in [0, 0.05) is 6.54 Å². The summed E-state index contributed by atoms with van der Waals surface area (Å²) in [4.78, 5) is 0.324. The van der Waals surface area contributed by atoms with Crippen molar-refractivity contribution in [3.05, 3.63) is 24.3 Å². The van der Waals surface area contributed by atoms with Gasteiger partial charge in [0.2, 0.25) is 0 Å². The maximum atomic E-state index is 12.1. The quantitative estimate of drug-likeness (QED) is 0.820. The summed E-state index contributed by atoms with van der Waals surface area (Å²) < 4.78 is 24.2. The minimum absolute atomic E-state index is 0.0793. The summed E-state index contributed by atoms with van der Waals surface area (Å²) in [6.07, 6.45) is 5.97. The Labute approximate surface area is 127 Å². The molecule has 21 heavy (non-hydrogen) atoms. The van der Waals surface area contributed by atoms with Crippen molar-refractivity contribution >= 4 is 15.5 Å². The second-order valence-corrected chi connectivity index (χ2v) is 8.14. The number of hydrogen-bond acceptors (Lipinski definition) is 4. The Bertz CT molecular complexity index is 561. The molecule has 1 fully saturated rings. The maximum absolute atomic E-state index is 12.1. The van der Waals surface area contributed by atoms with Crippen LogP contribution in [0, 0.1) is 0 Å². The molecule has 4 nitrogen and oxygen atoms in total. The molecule has 1 saturated carbocycles. The Kier molecular flexibility index (Phi) is 5.27. The molecule has 2 N–H and O–H groups in total. The van der Waals surface area contributed by atoms with Crippen molar-refractivity contribution in [2.24, 2.45) is 0 Å². The molecular formula is C16H25NO3S. The Hall–Kier alpha value is -1.07. The van der Waals surface area contributed by atoms with Gasteiger partial charge in [-0.25, -0.2) is 8.42 Å². The molecule has 2 rings (SSSR count). The zero-order valence-corrected chi connectivity index (χ0v) is 13.5. The summed E-state index contributed by atoms with van der Waals surface area (Å²) in [5.74, 6) is 0.0793. The number of anilines is 1. The van der Waals surface area contributed by atoms with Crippen LogP contribution in [0.5, 0.6) is 0 Å². The number of rotatable bonds is 5. The average molecular weight is 311 g/mol. The third-order valence-electron chi connectivity index (χ3n) is 4.24. The number of para-hydroxylation sites is 1. The van der Waals surface area contributed by atoms with Crippen LogP contribution in [-0.4, -0.2) is 31.4 Å². The lowest BCUT2D eigenvalue weighted by Gasteiger charge is -2.27. The third kappa shape index (κ3) is 4.20. The summed E-state index contributed by atoms with van der Waals surface area (Å²) in [7, 11) is -3.25. The molecule has 1 aliphatic carbocycles. The van der Waals surface area contributed by atoms with Crippen molar-refractivity contribution < 1.29 is 13.5 Å². The summed E-state index contributed by atoms with van der Waals surface area (Å²) in [5, 5.41) is 13.8. The normalized spacial score (nSPS) is 19.0. The van der Waals surface area contributed by atoms with Crippen molar-refractivity contribution in [1.29, 1.82) is 0 Å². The SMILES string of the molecule is CCS(=O)(=O)c1ccccc1NCC1(O)CCCCCC1. The van der Waals surface area contributed by atoms with Crippen LogP contribution in [0.15, 0.2) is 29.2 Å². The van der Waals surface area contributed by atoms with E-state index in [1.807, 2.05) is 6.07 Å². The largest absolute Gasteiger partial charge is 0.388 e. The maximum Gasteiger partial charge on any atom is 0.180 e. The topological polar surface area (TPSA) is 66.4 Å². The van der Waals surface area contributed by atoms with E-state index < -0.39 is 15.4 Å². The van der Waals surface area contributed by atoms with Crippen LogP contribution in [0.4, 0.5) is 5.69 Å². The molecule has 0 aromatic heterocycles. The fourth-order valence-electron chi connectivity index (χ4n) is 2.86. The molecular weight excluding hydrogens is 286 g/mol. The molecule has 0 heterocycles. The van der Waals surface area contributed by atoms with Gasteiger partial charge < -0.3 is 10.4 Å². The van der Waals surface area contributed by atoms with Crippen molar-refractivity contribution in [3.8, 4) is 0 Å². The molecule has 0 unspecified atom stereocenters. The van der Waals surface area contributed by atoms with Gasteiger partial charge in [-0.05, 0) is 25.0 Å². The summed E-state index contributed by atoms with van der Waals surface area (Å²) in [5.41, 5.74) is -0.128. The first kappa shape index (κ1) is 16.3. The first-order valence-electron chi connectivity index (χ1n) is 7.75. The number of hydrogen-bond donors (Lipinski definition) is 2. The summed E-state index contributed by atoms with van der Waals surface area (Å²) in [6.45, 7) is 2.05. The van der Waals surface area contributed by atoms with Crippen LogP contribution in [0.2, 0.25) is 0 Å². The minimum atomic E-state index is -3.25. The molecule has 1 aromatic carbocycles. The van der Waals surface area contributed by atoms with Gasteiger partial charge in [0.15, 0.2) is 9.84 Å². The predicted octanol–water partition coefficient (Wildman–Crippen LogP) is 2.98. The van der Waals surface area contributed by atoms with E-state index in [9.17, 15) is 13.5 Å². The van der Waals surface area contributed by atoms with E-state index in [2.05, 4.69) is 5.32 Å². The highest BCUT2D eigenvalue weighted by atomic mass is 32.2. The van der Waals surface area contributed by atoms with Gasteiger partial charge >= 0.3 is 0 Å². The minimum Gasteiger partial charge on any atom is -0.388 e. The van der Waals surface area contributed by atoms with Gasteiger partial charge in [-0.2, -0.15) is 0 Å². The monoisotopic (exact) mass is 311 g/mol. The molecule has 0 saturated heterocycles. The number of aliphatic hydroxyl groups is 1. The molecule has 0 radical (unpaired) electrons. The molecule has 0 spiro atoms. The average Bonchev–Trinajstić information content (AvgIpc) is 2.71. The fraction of sp³-hybridized carbons (Fsp3) is 0.625. The van der Waals surface area contributed by atoms with Crippen molar-refractivity contribution in [1.82, 2.24) is 0 Å². The van der Waals surface area contributed by atoms with E-state index in [0.29, 0.717) is 17.1 Å². The third-order valence-corrected chi connectivity index (χ3v) is 6.03. The summed E-state index contributed by atoms with van der Waals surface area (Å²) >= 11 is 0. The zero-order chi connectivity index (χ0) is 15.3. The van der Waals surface area contributed by atoms with Crippen molar-refractivity contribution in [2.45, 2.75) is 55.9 Å². The first-order valence-corrected chi connectivity index (χ1v) is 9.40. The molecule has 118 valence electrons. The van der Waals surface area contributed by atoms with Crippen LogP contribution in [-0.2, 0) is 9.84 Å². The fourth-order valence-corrected chi connectivity index (χ4v) is 3.93. The lowest BCUT2D eigenvalue weighted by atomic mass is 9.94. The second-order valence-electron chi connectivity index (χ2n) is 5.89. The predicted molar refractivity (Wildman–Crippen MR) is 85.3 cm³/mol. The molecule has 0 atom stereocenters. The molecule has 1 aliphatic rings. The van der Waals surface area contributed by atoms with Gasteiger partial charge in [0.25, 0.3) is 0 Å². The zero-order valence-electron chi connectivity index (χ0n) is 12.6. The van der Waals surface area contributed by atoms with E-state index in [-0.39, 0.29) is 5.75 Å².